The van der Waals surface area contributed by atoms with Gasteiger partial charge in [-0.2, -0.15) is 0 Å². The monoisotopic (exact) mass is 268 g/mol. The fraction of sp³-hybridized carbons (Fsp3) is 0.692. The number of hydrogen-bond acceptors (Lipinski definition) is 4. The average Bonchev–Trinajstić information content (AvgIpc) is 2.82. The van der Waals surface area contributed by atoms with Crippen LogP contribution in [0, 0.1) is 5.92 Å². The van der Waals surface area contributed by atoms with Gasteiger partial charge in [0.25, 0.3) is 5.91 Å². The standard InChI is InChI=1S/C13H24N4O2/c1-11(2)3-7-19-8-5-15-13(18)12-9-17(6-4-14)10-16-12/h9-11H,3-8,14H2,1-2H3,(H,15,18). The number of hydrogen-bond donors (Lipinski definition) is 2. The average molecular weight is 268 g/mol. The molecule has 1 aromatic heterocycles. The van der Waals surface area contributed by atoms with Crippen molar-refractivity contribution in [3.05, 3.63) is 18.2 Å². The second kappa shape index (κ2) is 8.66. The molecule has 0 radical (unpaired) electrons. The molecule has 0 saturated carbocycles. The highest BCUT2D eigenvalue weighted by Gasteiger charge is 2.08. The molecule has 1 heterocycles. The van der Waals surface area contributed by atoms with Gasteiger partial charge in [0.2, 0.25) is 0 Å². The summed E-state index contributed by atoms with van der Waals surface area (Å²) in [7, 11) is 0. The van der Waals surface area contributed by atoms with Crippen LogP contribution in [0.1, 0.15) is 30.8 Å². The molecule has 19 heavy (non-hydrogen) atoms. The SMILES string of the molecule is CC(C)CCOCCNC(=O)c1cn(CCN)cn1. The van der Waals surface area contributed by atoms with Crippen molar-refractivity contribution in [2.24, 2.45) is 11.7 Å². The molecule has 0 spiro atoms. The molecule has 0 aliphatic heterocycles. The van der Waals surface area contributed by atoms with Crippen molar-refractivity contribution in [2.75, 3.05) is 26.3 Å². The van der Waals surface area contributed by atoms with E-state index in [1.807, 2.05) is 0 Å². The fourth-order valence-corrected chi connectivity index (χ4v) is 1.50. The lowest BCUT2D eigenvalue weighted by Gasteiger charge is -2.06. The van der Waals surface area contributed by atoms with Crippen LogP contribution in [0.2, 0.25) is 0 Å². The van der Waals surface area contributed by atoms with Gasteiger partial charge >= 0.3 is 0 Å². The van der Waals surface area contributed by atoms with Gasteiger partial charge in [-0.3, -0.25) is 4.79 Å². The minimum absolute atomic E-state index is 0.178. The van der Waals surface area contributed by atoms with Gasteiger partial charge in [0, 0.05) is 32.4 Å². The van der Waals surface area contributed by atoms with E-state index >= 15 is 0 Å². The summed E-state index contributed by atoms with van der Waals surface area (Å²) >= 11 is 0. The molecule has 0 atom stereocenters. The molecule has 3 N–H and O–H groups in total. The zero-order chi connectivity index (χ0) is 14.1. The summed E-state index contributed by atoms with van der Waals surface area (Å²) in [6, 6.07) is 0. The smallest absolute Gasteiger partial charge is 0.271 e. The molecular weight excluding hydrogens is 244 g/mol. The van der Waals surface area contributed by atoms with E-state index in [1.54, 1.807) is 17.1 Å². The van der Waals surface area contributed by atoms with E-state index in [0.717, 1.165) is 13.0 Å². The predicted octanol–water partition coefficient (Wildman–Crippen LogP) is 0.634. The van der Waals surface area contributed by atoms with Gasteiger partial charge in [0.15, 0.2) is 0 Å². The van der Waals surface area contributed by atoms with Crippen LogP contribution in [-0.4, -0.2) is 41.8 Å². The summed E-state index contributed by atoms with van der Waals surface area (Å²) in [5.41, 5.74) is 5.84. The molecular formula is C13H24N4O2. The Bertz CT molecular complexity index is 376. The van der Waals surface area contributed by atoms with Crippen LogP contribution in [0.3, 0.4) is 0 Å². The molecule has 0 aliphatic rings. The molecule has 108 valence electrons. The highest BCUT2D eigenvalue weighted by atomic mass is 16.5. The summed E-state index contributed by atoms with van der Waals surface area (Å²) in [5, 5.41) is 2.77. The molecule has 0 bridgehead atoms. The van der Waals surface area contributed by atoms with Crippen LogP contribution in [0.4, 0.5) is 0 Å². The van der Waals surface area contributed by atoms with Gasteiger partial charge in [-0.1, -0.05) is 13.8 Å². The number of rotatable bonds is 9. The van der Waals surface area contributed by atoms with Gasteiger partial charge in [-0.15, -0.1) is 0 Å². The third kappa shape index (κ3) is 6.35. The fourth-order valence-electron chi connectivity index (χ4n) is 1.50. The van der Waals surface area contributed by atoms with E-state index in [4.69, 9.17) is 10.5 Å². The Morgan fingerprint density at radius 3 is 3.00 bits per heavy atom. The highest BCUT2D eigenvalue weighted by molar-refractivity contribution is 5.91. The number of carbonyl (C=O) groups excluding carboxylic acids is 1. The lowest BCUT2D eigenvalue weighted by atomic mass is 10.1. The van der Waals surface area contributed by atoms with Crippen molar-refractivity contribution in [3.63, 3.8) is 0 Å². The minimum atomic E-state index is -0.178. The molecule has 1 rings (SSSR count). The number of amides is 1. The van der Waals surface area contributed by atoms with Crippen LogP contribution < -0.4 is 11.1 Å². The van der Waals surface area contributed by atoms with Crippen molar-refractivity contribution in [1.82, 2.24) is 14.9 Å². The van der Waals surface area contributed by atoms with Gasteiger partial charge in [-0.05, 0) is 12.3 Å². The largest absolute Gasteiger partial charge is 0.380 e. The Morgan fingerprint density at radius 2 is 2.32 bits per heavy atom. The maximum atomic E-state index is 11.7. The Labute approximate surface area is 114 Å². The quantitative estimate of drug-likeness (QED) is 0.644. The van der Waals surface area contributed by atoms with Crippen molar-refractivity contribution in [1.29, 1.82) is 0 Å². The maximum absolute atomic E-state index is 11.7. The lowest BCUT2D eigenvalue weighted by Crippen LogP contribution is -2.27. The van der Waals surface area contributed by atoms with E-state index in [2.05, 4.69) is 24.1 Å². The molecule has 0 fully saturated rings. The van der Waals surface area contributed by atoms with Crippen molar-refractivity contribution in [3.8, 4) is 0 Å². The normalized spacial score (nSPS) is 10.9. The van der Waals surface area contributed by atoms with Gasteiger partial charge in [0.05, 0.1) is 12.9 Å². The molecule has 6 nitrogen and oxygen atoms in total. The zero-order valence-corrected chi connectivity index (χ0v) is 11.8. The van der Waals surface area contributed by atoms with Crippen molar-refractivity contribution >= 4 is 5.91 Å². The Morgan fingerprint density at radius 1 is 1.53 bits per heavy atom. The van der Waals surface area contributed by atoms with Gasteiger partial charge in [0.1, 0.15) is 5.69 Å². The van der Waals surface area contributed by atoms with Crippen LogP contribution in [-0.2, 0) is 11.3 Å². The summed E-state index contributed by atoms with van der Waals surface area (Å²) in [6.07, 6.45) is 4.35. The Kier molecular flexibility index (Phi) is 7.14. The molecule has 0 saturated heterocycles. The highest BCUT2D eigenvalue weighted by Crippen LogP contribution is 1.98. The van der Waals surface area contributed by atoms with Crippen LogP contribution in [0.25, 0.3) is 0 Å². The molecule has 6 heteroatoms. The second-order valence-corrected chi connectivity index (χ2v) is 4.84. The summed E-state index contributed by atoms with van der Waals surface area (Å²) in [4.78, 5) is 15.8. The summed E-state index contributed by atoms with van der Waals surface area (Å²) in [5.74, 6) is 0.462. The maximum Gasteiger partial charge on any atom is 0.271 e. The van der Waals surface area contributed by atoms with E-state index in [9.17, 15) is 4.79 Å². The van der Waals surface area contributed by atoms with E-state index in [1.165, 1.54) is 0 Å². The number of carbonyl (C=O) groups is 1. The first kappa shape index (κ1) is 15.7. The Hall–Kier alpha value is -1.40. The minimum Gasteiger partial charge on any atom is -0.380 e. The first-order valence-corrected chi connectivity index (χ1v) is 6.71. The number of nitrogens with one attached hydrogen (secondary N) is 1. The number of aromatic nitrogens is 2. The van der Waals surface area contributed by atoms with E-state index in [0.29, 0.717) is 37.9 Å². The number of ether oxygens (including phenoxy) is 1. The zero-order valence-electron chi connectivity index (χ0n) is 11.8. The first-order chi connectivity index (χ1) is 9.13. The number of nitrogens with zero attached hydrogens (tertiary/aromatic N) is 2. The van der Waals surface area contributed by atoms with E-state index < -0.39 is 0 Å². The topological polar surface area (TPSA) is 82.2 Å². The molecule has 0 aromatic carbocycles. The first-order valence-electron chi connectivity index (χ1n) is 6.71. The van der Waals surface area contributed by atoms with E-state index in [-0.39, 0.29) is 5.91 Å². The summed E-state index contributed by atoms with van der Waals surface area (Å²) < 4.78 is 7.22. The van der Waals surface area contributed by atoms with Gasteiger partial charge in [-0.25, -0.2) is 4.98 Å². The molecule has 1 amide bonds. The van der Waals surface area contributed by atoms with Crippen molar-refractivity contribution in [2.45, 2.75) is 26.8 Å². The summed E-state index contributed by atoms with van der Waals surface area (Å²) in [6.45, 7) is 7.27. The third-order valence-corrected chi connectivity index (χ3v) is 2.62. The van der Waals surface area contributed by atoms with Crippen LogP contribution in [0.5, 0.6) is 0 Å². The molecule has 1 aromatic rings. The third-order valence-electron chi connectivity index (χ3n) is 2.62. The van der Waals surface area contributed by atoms with Crippen LogP contribution in [0.15, 0.2) is 12.5 Å². The van der Waals surface area contributed by atoms with Crippen LogP contribution >= 0.6 is 0 Å². The second-order valence-electron chi connectivity index (χ2n) is 4.84. The lowest BCUT2D eigenvalue weighted by molar-refractivity contribution is 0.0901. The predicted molar refractivity (Wildman–Crippen MR) is 73.9 cm³/mol. The number of nitrogens with two attached hydrogens (primary N) is 1. The van der Waals surface area contributed by atoms with Crippen molar-refractivity contribution < 1.29 is 9.53 Å². The van der Waals surface area contributed by atoms with Gasteiger partial charge < -0.3 is 20.4 Å². The molecule has 0 unspecified atom stereocenters. The molecule has 0 aliphatic carbocycles. The Balaban J connectivity index is 2.16. The number of imidazole rings is 1.